The minimum absolute atomic E-state index is 0.174. The summed E-state index contributed by atoms with van der Waals surface area (Å²) < 4.78 is 11.2. The van der Waals surface area contributed by atoms with E-state index in [1.807, 2.05) is 24.3 Å². The lowest BCUT2D eigenvalue weighted by Gasteiger charge is -2.19. The molecule has 0 amide bonds. The van der Waals surface area contributed by atoms with Crippen molar-refractivity contribution < 1.29 is 14.6 Å². The molecule has 0 bridgehead atoms. The molecule has 5 nitrogen and oxygen atoms in total. The highest BCUT2D eigenvalue weighted by molar-refractivity contribution is 5.32. The Bertz CT molecular complexity index is 1150. The van der Waals surface area contributed by atoms with E-state index in [1.54, 1.807) is 12.1 Å². The molecule has 0 aliphatic rings. The average molecular weight is 607 g/mol. The SMILES string of the molecule is CC(C)(C)c1ccc(O)cc1.CC(C)(C)c1ccc(OCCCN)cc1.CC(C)NCCCOc1ccc(C(C)(C)C)cc1. The van der Waals surface area contributed by atoms with Crippen LogP contribution in [0.3, 0.4) is 0 Å². The van der Waals surface area contributed by atoms with Crippen molar-refractivity contribution in [3.05, 3.63) is 89.5 Å². The van der Waals surface area contributed by atoms with E-state index in [0.717, 1.165) is 37.5 Å². The van der Waals surface area contributed by atoms with E-state index in [1.165, 1.54) is 16.7 Å². The molecule has 4 N–H and O–H groups in total. The molecule has 0 heterocycles. The van der Waals surface area contributed by atoms with E-state index in [2.05, 4.69) is 118 Å². The number of benzene rings is 3. The van der Waals surface area contributed by atoms with Crippen LogP contribution < -0.4 is 20.5 Å². The van der Waals surface area contributed by atoms with Gasteiger partial charge in [-0.25, -0.2) is 0 Å². The van der Waals surface area contributed by atoms with Crippen LogP contribution in [0.4, 0.5) is 0 Å². The predicted octanol–water partition coefficient (Wildman–Crippen LogP) is 9.15. The molecule has 0 saturated carbocycles. The quantitative estimate of drug-likeness (QED) is 0.201. The fourth-order valence-corrected chi connectivity index (χ4v) is 3.99. The molecular weight excluding hydrogens is 544 g/mol. The molecule has 0 atom stereocenters. The van der Waals surface area contributed by atoms with Gasteiger partial charge in [-0.3, -0.25) is 0 Å². The third kappa shape index (κ3) is 16.7. The number of phenolic OH excluding ortho intramolecular Hbond substituents is 1. The van der Waals surface area contributed by atoms with E-state index in [4.69, 9.17) is 20.3 Å². The summed E-state index contributed by atoms with van der Waals surface area (Å²) >= 11 is 0. The van der Waals surface area contributed by atoms with Crippen molar-refractivity contribution in [1.29, 1.82) is 0 Å². The van der Waals surface area contributed by atoms with Crippen molar-refractivity contribution in [3.8, 4) is 17.2 Å². The van der Waals surface area contributed by atoms with Crippen molar-refractivity contribution in [3.63, 3.8) is 0 Å². The highest BCUT2D eigenvalue weighted by Gasteiger charge is 2.14. The number of aromatic hydroxyl groups is 1. The van der Waals surface area contributed by atoms with Gasteiger partial charge in [0.25, 0.3) is 0 Å². The Morgan fingerprint density at radius 1 is 0.591 bits per heavy atom. The monoisotopic (exact) mass is 606 g/mol. The van der Waals surface area contributed by atoms with E-state index < -0.39 is 0 Å². The molecule has 0 radical (unpaired) electrons. The normalized spacial score (nSPS) is 11.7. The first-order chi connectivity index (χ1) is 20.4. The minimum Gasteiger partial charge on any atom is -0.508 e. The maximum absolute atomic E-state index is 9.02. The molecule has 0 aromatic heterocycles. The molecule has 0 aliphatic carbocycles. The minimum atomic E-state index is 0.174. The summed E-state index contributed by atoms with van der Waals surface area (Å²) in [7, 11) is 0. The summed E-state index contributed by atoms with van der Waals surface area (Å²) in [6.45, 7) is 27.2. The molecule has 3 aromatic rings. The summed E-state index contributed by atoms with van der Waals surface area (Å²) in [6.07, 6.45) is 1.94. The van der Waals surface area contributed by atoms with Crippen LogP contribution in [0.2, 0.25) is 0 Å². The van der Waals surface area contributed by atoms with Gasteiger partial charge in [0.1, 0.15) is 17.2 Å². The second kappa shape index (κ2) is 18.7. The third-order valence-corrected chi connectivity index (χ3v) is 6.93. The first-order valence-electron chi connectivity index (χ1n) is 16.1. The Labute approximate surface area is 269 Å². The van der Waals surface area contributed by atoms with E-state index in [9.17, 15) is 0 Å². The molecule has 3 rings (SSSR count). The smallest absolute Gasteiger partial charge is 0.119 e. The molecule has 0 aliphatic heterocycles. The number of hydrogen-bond acceptors (Lipinski definition) is 5. The third-order valence-electron chi connectivity index (χ3n) is 6.93. The summed E-state index contributed by atoms with van der Waals surface area (Å²) in [5.74, 6) is 2.22. The van der Waals surface area contributed by atoms with Gasteiger partial charge in [-0.05, 0) is 95.3 Å². The van der Waals surface area contributed by atoms with Crippen LogP contribution in [0, 0.1) is 0 Å². The largest absolute Gasteiger partial charge is 0.508 e. The zero-order valence-electron chi connectivity index (χ0n) is 29.6. The Kier molecular flexibility index (Phi) is 16.6. The molecule has 0 fully saturated rings. The molecular formula is C39H62N2O3. The van der Waals surface area contributed by atoms with Crippen LogP contribution in [-0.4, -0.2) is 37.5 Å². The lowest BCUT2D eigenvalue weighted by molar-refractivity contribution is 0.306. The molecule has 3 aromatic carbocycles. The van der Waals surface area contributed by atoms with Gasteiger partial charge in [-0.15, -0.1) is 0 Å². The van der Waals surface area contributed by atoms with Crippen LogP contribution in [0.1, 0.15) is 106 Å². The summed E-state index contributed by atoms with van der Waals surface area (Å²) in [5, 5.41) is 12.4. The van der Waals surface area contributed by atoms with Gasteiger partial charge in [-0.1, -0.05) is 113 Å². The fraction of sp³-hybridized carbons (Fsp3) is 0.538. The number of phenols is 1. The van der Waals surface area contributed by atoms with Gasteiger partial charge in [0.15, 0.2) is 0 Å². The standard InChI is InChI=1S/C16H27NO.C13H21NO.C10H14O/c1-13(2)17-11-6-12-18-15-9-7-14(8-10-15)16(3,4)5;1-13(2,3)11-5-7-12(8-6-11)15-10-4-9-14;1-10(2,3)8-4-6-9(11)7-5-8/h7-10,13,17H,6,11-12H2,1-5H3;5-8H,4,9-10,14H2,1-3H3;4-7,11H,1-3H3. The van der Waals surface area contributed by atoms with Gasteiger partial charge < -0.3 is 25.6 Å². The lowest BCUT2D eigenvalue weighted by Crippen LogP contribution is -2.24. The van der Waals surface area contributed by atoms with Crippen molar-refractivity contribution >= 4 is 0 Å². The Morgan fingerprint density at radius 3 is 1.25 bits per heavy atom. The second-order valence-electron chi connectivity index (χ2n) is 14.6. The molecule has 0 saturated heterocycles. The number of hydrogen-bond donors (Lipinski definition) is 3. The molecule has 0 unspecified atom stereocenters. The van der Waals surface area contributed by atoms with Crippen molar-refractivity contribution in [2.24, 2.45) is 5.73 Å². The summed E-state index contributed by atoms with van der Waals surface area (Å²) in [6, 6.07) is 24.6. The zero-order chi connectivity index (χ0) is 33.4. The molecule has 246 valence electrons. The lowest BCUT2D eigenvalue weighted by atomic mass is 9.87. The topological polar surface area (TPSA) is 76.7 Å². The molecule has 5 heteroatoms. The van der Waals surface area contributed by atoms with Crippen molar-refractivity contribution in [2.45, 2.75) is 111 Å². The second-order valence-corrected chi connectivity index (χ2v) is 14.6. The van der Waals surface area contributed by atoms with Crippen LogP contribution >= 0.6 is 0 Å². The first-order valence-corrected chi connectivity index (χ1v) is 16.1. The van der Waals surface area contributed by atoms with Gasteiger partial charge in [0, 0.05) is 6.04 Å². The Hall–Kier alpha value is -3.02. The van der Waals surface area contributed by atoms with Gasteiger partial charge in [0.2, 0.25) is 0 Å². The van der Waals surface area contributed by atoms with E-state index >= 15 is 0 Å². The maximum atomic E-state index is 9.02. The Balaban J connectivity index is 0.000000339. The van der Waals surface area contributed by atoms with Gasteiger partial charge in [-0.2, -0.15) is 0 Å². The van der Waals surface area contributed by atoms with E-state index in [-0.39, 0.29) is 16.2 Å². The molecule has 0 spiro atoms. The summed E-state index contributed by atoms with van der Waals surface area (Å²) in [4.78, 5) is 0. The first kappa shape index (κ1) is 39.0. The molecule has 44 heavy (non-hydrogen) atoms. The zero-order valence-corrected chi connectivity index (χ0v) is 29.6. The van der Waals surface area contributed by atoms with Crippen LogP contribution in [-0.2, 0) is 16.2 Å². The number of nitrogens with two attached hydrogens (primary N) is 1. The van der Waals surface area contributed by atoms with Gasteiger partial charge in [0.05, 0.1) is 13.2 Å². The highest BCUT2D eigenvalue weighted by atomic mass is 16.5. The maximum Gasteiger partial charge on any atom is 0.119 e. The average Bonchev–Trinajstić information content (AvgIpc) is 2.93. The Morgan fingerprint density at radius 2 is 0.932 bits per heavy atom. The van der Waals surface area contributed by atoms with E-state index in [0.29, 0.717) is 24.9 Å². The van der Waals surface area contributed by atoms with Crippen molar-refractivity contribution in [1.82, 2.24) is 5.32 Å². The van der Waals surface area contributed by atoms with Crippen LogP contribution in [0.25, 0.3) is 0 Å². The fourth-order valence-electron chi connectivity index (χ4n) is 3.99. The van der Waals surface area contributed by atoms with Gasteiger partial charge >= 0.3 is 0 Å². The number of ether oxygens (including phenoxy) is 2. The van der Waals surface area contributed by atoms with Crippen LogP contribution in [0.5, 0.6) is 17.2 Å². The highest BCUT2D eigenvalue weighted by Crippen LogP contribution is 2.26. The predicted molar refractivity (Wildman–Crippen MR) is 190 cm³/mol. The summed E-state index contributed by atoms with van der Waals surface area (Å²) in [5.41, 5.74) is 9.90. The number of rotatable bonds is 10. The van der Waals surface area contributed by atoms with Crippen LogP contribution in [0.15, 0.2) is 72.8 Å². The van der Waals surface area contributed by atoms with Crippen molar-refractivity contribution in [2.75, 3.05) is 26.3 Å². The number of nitrogens with one attached hydrogen (secondary N) is 1.